The number of carbonyl (C=O) groups excluding carboxylic acids is 1. The number of likely N-dealkylation sites (tertiary alicyclic amines) is 1. The molecule has 24 heavy (non-hydrogen) atoms. The maximum Gasteiger partial charge on any atom is 0.220 e. The molecule has 1 aliphatic heterocycles. The van der Waals surface area contributed by atoms with Crippen LogP contribution in [-0.4, -0.2) is 40.9 Å². The van der Waals surface area contributed by atoms with E-state index in [0.29, 0.717) is 25.3 Å². The highest BCUT2D eigenvalue weighted by Crippen LogP contribution is 2.23. The van der Waals surface area contributed by atoms with Gasteiger partial charge in [-0.05, 0) is 44.1 Å². The number of H-pyrrole nitrogens is 1. The molecule has 6 heteroatoms. The number of benzene rings is 1. The van der Waals surface area contributed by atoms with Crippen LogP contribution in [0.3, 0.4) is 0 Å². The first-order chi connectivity index (χ1) is 11.6. The van der Waals surface area contributed by atoms with Crippen molar-refractivity contribution in [2.45, 2.75) is 31.7 Å². The van der Waals surface area contributed by atoms with Gasteiger partial charge in [-0.1, -0.05) is 12.1 Å². The van der Waals surface area contributed by atoms with Gasteiger partial charge in [0.15, 0.2) is 0 Å². The minimum atomic E-state index is -0.258. The van der Waals surface area contributed by atoms with E-state index in [1.807, 2.05) is 0 Å². The highest BCUT2D eigenvalue weighted by atomic mass is 19.1. The molecule has 128 valence electrons. The van der Waals surface area contributed by atoms with Crippen molar-refractivity contribution >= 4 is 5.91 Å². The van der Waals surface area contributed by atoms with Crippen molar-refractivity contribution in [1.29, 1.82) is 0 Å². The van der Waals surface area contributed by atoms with Gasteiger partial charge in [-0.2, -0.15) is 0 Å². The van der Waals surface area contributed by atoms with Gasteiger partial charge in [0.05, 0.1) is 18.4 Å². The van der Waals surface area contributed by atoms with E-state index in [1.54, 1.807) is 18.3 Å². The molecule has 1 amide bonds. The molecule has 1 fully saturated rings. The SMILES string of the molecule is CN1CC[C@@H](c2ncc(CNC(=O)CCc3ccc(F)cc3)[nH]2)C1. The second-order valence-corrected chi connectivity index (χ2v) is 6.44. The van der Waals surface area contributed by atoms with E-state index >= 15 is 0 Å². The van der Waals surface area contributed by atoms with Gasteiger partial charge < -0.3 is 15.2 Å². The molecular weight excluding hydrogens is 307 g/mol. The predicted octanol–water partition coefficient (Wildman–Crippen LogP) is 2.22. The lowest BCUT2D eigenvalue weighted by Crippen LogP contribution is -2.23. The first-order valence-corrected chi connectivity index (χ1v) is 8.33. The molecule has 5 nitrogen and oxygen atoms in total. The first kappa shape index (κ1) is 16.6. The number of rotatable bonds is 6. The number of aryl methyl sites for hydroxylation is 1. The van der Waals surface area contributed by atoms with Crippen molar-refractivity contribution in [2.75, 3.05) is 20.1 Å². The number of hydrogen-bond acceptors (Lipinski definition) is 3. The van der Waals surface area contributed by atoms with Gasteiger partial charge in [0, 0.05) is 18.9 Å². The standard InChI is InChI=1S/C18H23FN4O/c1-23-9-8-14(12-23)18-21-11-16(22-18)10-20-17(24)7-4-13-2-5-15(19)6-3-13/h2-3,5-6,11,14H,4,7-10,12H2,1H3,(H,20,24)(H,21,22)/t14-/m1/s1. The van der Waals surface area contributed by atoms with Gasteiger partial charge in [-0.15, -0.1) is 0 Å². The molecule has 1 atom stereocenters. The lowest BCUT2D eigenvalue weighted by atomic mass is 10.1. The number of amides is 1. The Morgan fingerprint density at radius 1 is 1.42 bits per heavy atom. The Bertz CT molecular complexity index is 683. The van der Waals surface area contributed by atoms with Crippen molar-refractivity contribution < 1.29 is 9.18 Å². The molecule has 2 heterocycles. The van der Waals surface area contributed by atoms with Crippen molar-refractivity contribution in [3.63, 3.8) is 0 Å². The van der Waals surface area contributed by atoms with Crippen LogP contribution in [0, 0.1) is 5.82 Å². The smallest absolute Gasteiger partial charge is 0.220 e. The van der Waals surface area contributed by atoms with Crippen LogP contribution in [0.2, 0.25) is 0 Å². The van der Waals surface area contributed by atoms with Crippen molar-refractivity contribution in [3.8, 4) is 0 Å². The Morgan fingerprint density at radius 2 is 2.21 bits per heavy atom. The van der Waals surface area contributed by atoms with E-state index in [4.69, 9.17) is 0 Å². The summed E-state index contributed by atoms with van der Waals surface area (Å²) in [5.74, 6) is 1.19. The maximum atomic E-state index is 12.8. The summed E-state index contributed by atoms with van der Waals surface area (Å²) >= 11 is 0. The number of nitrogens with one attached hydrogen (secondary N) is 2. The molecule has 1 aliphatic rings. The second-order valence-electron chi connectivity index (χ2n) is 6.44. The number of halogens is 1. The summed E-state index contributed by atoms with van der Waals surface area (Å²) in [6.45, 7) is 2.58. The molecule has 1 saturated heterocycles. The summed E-state index contributed by atoms with van der Waals surface area (Å²) in [5, 5.41) is 2.90. The lowest BCUT2D eigenvalue weighted by Gasteiger charge is -2.07. The average Bonchev–Trinajstić information content (AvgIpc) is 3.21. The van der Waals surface area contributed by atoms with Gasteiger partial charge >= 0.3 is 0 Å². The van der Waals surface area contributed by atoms with Crippen LogP contribution < -0.4 is 5.32 Å². The number of aromatic amines is 1. The Hall–Kier alpha value is -2.21. The molecule has 0 aliphatic carbocycles. The first-order valence-electron chi connectivity index (χ1n) is 8.33. The zero-order valence-electron chi connectivity index (χ0n) is 13.9. The van der Waals surface area contributed by atoms with Crippen molar-refractivity contribution in [1.82, 2.24) is 20.2 Å². The van der Waals surface area contributed by atoms with Gasteiger partial charge in [-0.25, -0.2) is 9.37 Å². The zero-order valence-corrected chi connectivity index (χ0v) is 13.9. The predicted molar refractivity (Wildman–Crippen MR) is 90.0 cm³/mol. The quantitative estimate of drug-likeness (QED) is 0.854. The monoisotopic (exact) mass is 330 g/mol. The Labute approximate surface area is 141 Å². The summed E-state index contributed by atoms with van der Waals surface area (Å²) in [4.78, 5) is 22.0. The van der Waals surface area contributed by atoms with E-state index in [0.717, 1.165) is 36.6 Å². The van der Waals surface area contributed by atoms with Crippen LogP contribution in [0.1, 0.15) is 35.8 Å². The van der Waals surface area contributed by atoms with E-state index in [1.165, 1.54) is 12.1 Å². The molecule has 0 saturated carbocycles. The molecule has 1 aromatic heterocycles. The summed E-state index contributed by atoms with van der Waals surface area (Å²) in [6.07, 6.45) is 3.91. The van der Waals surface area contributed by atoms with E-state index in [-0.39, 0.29) is 11.7 Å². The molecule has 1 aromatic carbocycles. The van der Waals surface area contributed by atoms with Crippen LogP contribution >= 0.6 is 0 Å². The summed E-state index contributed by atoms with van der Waals surface area (Å²) in [6, 6.07) is 6.25. The van der Waals surface area contributed by atoms with Crippen molar-refractivity contribution in [3.05, 3.63) is 53.4 Å². The van der Waals surface area contributed by atoms with Crippen LogP contribution in [0.5, 0.6) is 0 Å². The summed E-state index contributed by atoms with van der Waals surface area (Å²) < 4.78 is 12.8. The number of imidazole rings is 1. The minimum Gasteiger partial charge on any atom is -0.350 e. The van der Waals surface area contributed by atoms with Crippen LogP contribution in [0.25, 0.3) is 0 Å². The molecule has 2 N–H and O–H groups in total. The number of hydrogen-bond donors (Lipinski definition) is 2. The Kier molecular flexibility index (Phi) is 5.25. The van der Waals surface area contributed by atoms with Gasteiger partial charge in [0.25, 0.3) is 0 Å². The fourth-order valence-electron chi connectivity index (χ4n) is 3.02. The Balaban J connectivity index is 1.43. The summed E-state index contributed by atoms with van der Waals surface area (Å²) in [7, 11) is 2.12. The third kappa shape index (κ3) is 4.41. The molecular formula is C18H23FN4O. The molecule has 0 bridgehead atoms. The minimum absolute atomic E-state index is 0.0175. The second kappa shape index (κ2) is 7.57. The number of likely N-dealkylation sites (N-methyl/N-ethyl adjacent to an activating group) is 1. The number of carbonyl (C=O) groups is 1. The number of nitrogens with zero attached hydrogens (tertiary/aromatic N) is 2. The molecule has 2 aromatic rings. The highest BCUT2D eigenvalue weighted by molar-refractivity contribution is 5.76. The van der Waals surface area contributed by atoms with Gasteiger partial charge in [0.2, 0.25) is 5.91 Å². The lowest BCUT2D eigenvalue weighted by molar-refractivity contribution is -0.121. The normalized spacial score (nSPS) is 18.0. The van der Waals surface area contributed by atoms with Crippen LogP contribution in [0.4, 0.5) is 4.39 Å². The van der Waals surface area contributed by atoms with Crippen LogP contribution in [-0.2, 0) is 17.8 Å². The zero-order chi connectivity index (χ0) is 16.9. The Morgan fingerprint density at radius 3 is 2.92 bits per heavy atom. The topological polar surface area (TPSA) is 61.0 Å². The fraction of sp³-hybridized carbons (Fsp3) is 0.444. The number of aromatic nitrogens is 2. The van der Waals surface area contributed by atoms with Crippen LogP contribution in [0.15, 0.2) is 30.5 Å². The van der Waals surface area contributed by atoms with E-state index in [9.17, 15) is 9.18 Å². The third-order valence-corrected chi connectivity index (χ3v) is 4.46. The third-order valence-electron chi connectivity index (χ3n) is 4.46. The molecule has 0 radical (unpaired) electrons. The van der Waals surface area contributed by atoms with Gasteiger partial charge in [0.1, 0.15) is 11.6 Å². The molecule has 0 unspecified atom stereocenters. The van der Waals surface area contributed by atoms with Crippen molar-refractivity contribution in [2.24, 2.45) is 0 Å². The summed E-state index contributed by atoms with van der Waals surface area (Å²) in [5.41, 5.74) is 1.88. The maximum absolute atomic E-state index is 12.8. The molecule has 3 rings (SSSR count). The van der Waals surface area contributed by atoms with Gasteiger partial charge in [-0.3, -0.25) is 4.79 Å². The van der Waals surface area contributed by atoms with E-state index < -0.39 is 0 Å². The van der Waals surface area contributed by atoms with E-state index in [2.05, 4.69) is 27.2 Å². The largest absolute Gasteiger partial charge is 0.350 e. The highest BCUT2D eigenvalue weighted by Gasteiger charge is 2.23. The average molecular weight is 330 g/mol. The molecule has 0 spiro atoms. The fourth-order valence-corrected chi connectivity index (χ4v) is 3.02.